The number of aryl methyl sites for hydroxylation is 2. The van der Waals surface area contributed by atoms with E-state index < -0.39 is 0 Å². The normalized spacial score (nSPS) is 13.4. The first-order valence-electron chi connectivity index (χ1n) is 4.71. The first-order chi connectivity index (χ1) is 6.58. The van der Waals surface area contributed by atoms with Gasteiger partial charge in [-0.3, -0.25) is 0 Å². The minimum absolute atomic E-state index is 0.0352. The van der Waals surface area contributed by atoms with Gasteiger partial charge in [0.2, 0.25) is 0 Å². The van der Waals surface area contributed by atoms with Gasteiger partial charge in [-0.05, 0) is 44.0 Å². The van der Waals surface area contributed by atoms with Crippen LogP contribution >= 0.6 is 11.3 Å². The summed E-state index contributed by atoms with van der Waals surface area (Å²) in [5.41, 5.74) is 9.48. The number of nitrogens with two attached hydrogens (primary N) is 1. The topological polar surface area (TPSA) is 38.9 Å². The van der Waals surface area contributed by atoms with Crippen molar-refractivity contribution in [2.24, 2.45) is 5.73 Å². The van der Waals surface area contributed by atoms with Crippen LogP contribution in [0.2, 0.25) is 0 Å². The first-order valence-corrected chi connectivity index (χ1v) is 5.53. The molecule has 1 aromatic heterocycles. The fourth-order valence-corrected chi connectivity index (χ4v) is 2.39. The van der Waals surface area contributed by atoms with Crippen LogP contribution in [0.15, 0.2) is 12.1 Å². The van der Waals surface area contributed by atoms with Crippen molar-refractivity contribution >= 4 is 21.6 Å². The maximum atomic E-state index is 5.80. The fourth-order valence-electron chi connectivity index (χ4n) is 1.39. The highest BCUT2D eigenvalue weighted by Crippen LogP contribution is 2.27. The van der Waals surface area contributed by atoms with Gasteiger partial charge in [-0.1, -0.05) is 0 Å². The summed E-state index contributed by atoms with van der Waals surface area (Å²) in [4.78, 5) is 4.51. The van der Waals surface area contributed by atoms with Gasteiger partial charge in [-0.2, -0.15) is 0 Å². The van der Waals surface area contributed by atoms with Crippen molar-refractivity contribution in [3.63, 3.8) is 0 Å². The largest absolute Gasteiger partial charge is 0.322 e. The number of hydrogen-bond acceptors (Lipinski definition) is 3. The maximum Gasteiger partial charge on any atom is 0.110 e. The number of hydrogen-bond donors (Lipinski definition) is 1. The van der Waals surface area contributed by atoms with Crippen molar-refractivity contribution in [3.05, 3.63) is 28.3 Å². The van der Waals surface area contributed by atoms with E-state index in [1.165, 1.54) is 15.8 Å². The minimum Gasteiger partial charge on any atom is -0.322 e. The van der Waals surface area contributed by atoms with E-state index in [1.54, 1.807) is 11.3 Å². The highest BCUT2D eigenvalue weighted by atomic mass is 32.1. The lowest BCUT2D eigenvalue weighted by atomic mass is 10.1. The molecule has 74 valence electrons. The number of aromatic nitrogens is 1. The molecule has 2 rings (SSSR count). The molecule has 2 N–H and O–H groups in total. The molecule has 1 aromatic carbocycles. The molecular weight excluding hydrogens is 192 g/mol. The van der Waals surface area contributed by atoms with Gasteiger partial charge in [0.05, 0.1) is 16.3 Å². The zero-order chi connectivity index (χ0) is 10.3. The molecule has 1 atom stereocenters. The lowest BCUT2D eigenvalue weighted by Crippen LogP contribution is -2.03. The summed E-state index contributed by atoms with van der Waals surface area (Å²) in [6, 6.07) is 4.36. The quantitative estimate of drug-likeness (QED) is 0.779. The van der Waals surface area contributed by atoms with Crippen LogP contribution in [0.25, 0.3) is 10.2 Å². The van der Waals surface area contributed by atoms with Crippen molar-refractivity contribution in [2.45, 2.75) is 26.8 Å². The average molecular weight is 206 g/mol. The molecule has 0 bridgehead atoms. The van der Waals surface area contributed by atoms with E-state index in [0.717, 1.165) is 10.5 Å². The van der Waals surface area contributed by atoms with E-state index >= 15 is 0 Å². The number of thiazole rings is 1. The lowest BCUT2D eigenvalue weighted by molar-refractivity contribution is 0.810. The van der Waals surface area contributed by atoms with Crippen LogP contribution in [-0.4, -0.2) is 4.98 Å². The van der Waals surface area contributed by atoms with Gasteiger partial charge >= 0.3 is 0 Å². The fraction of sp³-hybridized carbons (Fsp3) is 0.364. The summed E-state index contributed by atoms with van der Waals surface area (Å²) in [5, 5.41) is 1.02. The average Bonchev–Trinajstić information content (AvgIpc) is 2.48. The van der Waals surface area contributed by atoms with E-state index in [0.29, 0.717) is 0 Å². The highest BCUT2D eigenvalue weighted by molar-refractivity contribution is 7.18. The second-order valence-corrected chi connectivity index (χ2v) is 4.81. The van der Waals surface area contributed by atoms with Crippen molar-refractivity contribution in [1.82, 2.24) is 4.98 Å². The summed E-state index contributed by atoms with van der Waals surface area (Å²) in [7, 11) is 0. The standard InChI is InChI=1S/C11H14N2S/c1-6-4-9-10(5-7(6)2)14-11(13-9)8(3)12/h4-5,8H,12H2,1-3H3. The van der Waals surface area contributed by atoms with E-state index in [1.807, 2.05) is 6.92 Å². The lowest BCUT2D eigenvalue weighted by Gasteiger charge is -1.97. The highest BCUT2D eigenvalue weighted by Gasteiger charge is 2.08. The van der Waals surface area contributed by atoms with Crippen LogP contribution in [0.3, 0.4) is 0 Å². The van der Waals surface area contributed by atoms with E-state index in [-0.39, 0.29) is 6.04 Å². The van der Waals surface area contributed by atoms with Gasteiger partial charge < -0.3 is 5.73 Å². The molecule has 0 amide bonds. The number of fused-ring (bicyclic) bond motifs is 1. The van der Waals surface area contributed by atoms with Crippen molar-refractivity contribution in [2.75, 3.05) is 0 Å². The SMILES string of the molecule is Cc1cc2nc(C(C)N)sc2cc1C. The Bertz CT molecular complexity index is 432. The van der Waals surface area contributed by atoms with Crippen molar-refractivity contribution < 1.29 is 0 Å². The summed E-state index contributed by atoms with van der Waals surface area (Å²) in [5.74, 6) is 0. The van der Waals surface area contributed by atoms with Crippen molar-refractivity contribution in [3.8, 4) is 0 Å². The molecule has 2 nitrogen and oxygen atoms in total. The zero-order valence-corrected chi connectivity index (χ0v) is 9.48. The third kappa shape index (κ3) is 1.53. The van der Waals surface area contributed by atoms with Gasteiger partial charge in [-0.15, -0.1) is 11.3 Å². The predicted molar refractivity (Wildman–Crippen MR) is 61.7 cm³/mol. The van der Waals surface area contributed by atoms with Gasteiger partial charge in [0.25, 0.3) is 0 Å². The molecule has 0 aliphatic heterocycles. The predicted octanol–water partition coefficient (Wildman–Crippen LogP) is 2.93. The van der Waals surface area contributed by atoms with Gasteiger partial charge in [0.15, 0.2) is 0 Å². The first kappa shape index (κ1) is 9.62. The van der Waals surface area contributed by atoms with Crippen LogP contribution in [-0.2, 0) is 0 Å². The van der Waals surface area contributed by atoms with Crippen LogP contribution < -0.4 is 5.73 Å². The minimum atomic E-state index is 0.0352. The van der Waals surface area contributed by atoms with E-state index in [2.05, 4.69) is 31.0 Å². The molecule has 0 saturated carbocycles. The molecule has 0 spiro atoms. The van der Waals surface area contributed by atoms with Gasteiger partial charge in [0.1, 0.15) is 5.01 Å². The molecule has 0 aliphatic carbocycles. The molecular formula is C11H14N2S. The Hall–Kier alpha value is -0.930. The van der Waals surface area contributed by atoms with E-state index in [9.17, 15) is 0 Å². The van der Waals surface area contributed by atoms with Crippen LogP contribution in [0, 0.1) is 13.8 Å². The van der Waals surface area contributed by atoms with Crippen LogP contribution in [0.1, 0.15) is 29.1 Å². The molecule has 0 saturated heterocycles. The molecule has 0 radical (unpaired) electrons. The molecule has 1 heterocycles. The molecule has 0 aliphatic rings. The number of nitrogens with zero attached hydrogens (tertiary/aromatic N) is 1. The number of rotatable bonds is 1. The Labute approximate surface area is 87.8 Å². The van der Waals surface area contributed by atoms with Crippen LogP contribution in [0.5, 0.6) is 0 Å². The van der Waals surface area contributed by atoms with Gasteiger partial charge in [-0.25, -0.2) is 4.98 Å². The summed E-state index contributed by atoms with van der Waals surface area (Å²) < 4.78 is 1.24. The second-order valence-electron chi connectivity index (χ2n) is 3.74. The molecule has 1 unspecified atom stereocenters. The maximum absolute atomic E-state index is 5.80. The Morgan fingerprint density at radius 1 is 1.29 bits per heavy atom. The molecule has 2 aromatic rings. The summed E-state index contributed by atoms with van der Waals surface area (Å²) in [6.45, 7) is 6.21. The van der Waals surface area contributed by atoms with Crippen molar-refractivity contribution in [1.29, 1.82) is 0 Å². The third-order valence-electron chi connectivity index (χ3n) is 2.41. The Balaban J connectivity index is 2.66. The Morgan fingerprint density at radius 2 is 1.93 bits per heavy atom. The second kappa shape index (κ2) is 3.33. The Kier molecular flexibility index (Phi) is 2.29. The van der Waals surface area contributed by atoms with Gasteiger partial charge in [0, 0.05) is 0 Å². The van der Waals surface area contributed by atoms with Crippen LogP contribution in [0.4, 0.5) is 0 Å². The monoisotopic (exact) mass is 206 g/mol. The third-order valence-corrected chi connectivity index (χ3v) is 3.63. The Morgan fingerprint density at radius 3 is 2.57 bits per heavy atom. The smallest absolute Gasteiger partial charge is 0.110 e. The molecule has 0 fully saturated rings. The molecule has 3 heteroatoms. The zero-order valence-electron chi connectivity index (χ0n) is 8.66. The molecule has 14 heavy (non-hydrogen) atoms. The summed E-state index contributed by atoms with van der Waals surface area (Å²) in [6.07, 6.45) is 0. The summed E-state index contributed by atoms with van der Waals surface area (Å²) >= 11 is 1.69. The van der Waals surface area contributed by atoms with E-state index in [4.69, 9.17) is 5.73 Å². The number of benzene rings is 1.